The van der Waals surface area contributed by atoms with Crippen molar-refractivity contribution in [2.24, 2.45) is 5.10 Å². The van der Waals surface area contributed by atoms with E-state index in [-0.39, 0.29) is 17.5 Å². The van der Waals surface area contributed by atoms with Crippen molar-refractivity contribution >= 4 is 39.4 Å². The number of nitrogens with one attached hydrogen (secondary N) is 1. The molecule has 0 aliphatic carbocycles. The van der Waals surface area contributed by atoms with Crippen LogP contribution in [0.5, 0.6) is 0 Å². The van der Waals surface area contributed by atoms with Crippen molar-refractivity contribution in [3.8, 4) is 0 Å². The summed E-state index contributed by atoms with van der Waals surface area (Å²) >= 11 is 4.32. The predicted molar refractivity (Wildman–Crippen MR) is 79.3 cm³/mol. The van der Waals surface area contributed by atoms with E-state index in [4.69, 9.17) is 0 Å². The molecule has 2 aromatic heterocycles. The van der Waals surface area contributed by atoms with Gasteiger partial charge in [-0.1, -0.05) is 0 Å². The minimum absolute atomic E-state index is 0.220. The fourth-order valence-corrected chi connectivity index (χ4v) is 2.36. The SMILES string of the molecule is Cc1nn(CCC(=O)NN=Cc2ccc(F)s2)cc1Br. The van der Waals surface area contributed by atoms with E-state index in [0.717, 1.165) is 21.5 Å². The first-order valence-corrected chi connectivity index (χ1v) is 7.42. The van der Waals surface area contributed by atoms with E-state index in [9.17, 15) is 9.18 Å². The molecule has 1 N–H and O–H groups in total. The normalized spacial score (nSPS) is 11.2. The van der Waals surface area contributed by atoms with Gasteiger partial charge in [-0.3, -0.25) is 9.48 Å². The molecule has 2 heterocycles. The molecule has 0 aliphatic rings. The third-order valence-corrected chi connectivity index (χ3v) is 4.02. The van der Waals surface area contributed by atoms with Crippen LogP contribution in [0.1, 0.15) is 17.0 Å². The maximum atomic E-state index is 12.7. The lowest BCUT2D eigenvalue weighted by atomic mass is 10.4. The van der Waals surface area contributed by atoms with Crippen LogP contribution in [0.4, 0.5) is 4.39 Å². The molecule has 0 spiro atoms. The van der Waals surface area contributed by atoms with Gasteiger partial charge in [0.25, 0.3) is 0 Å². The summed E-state index contributed by atoms with van der Waals surface area (Å²) < 4.78 is 15.3. The molecule has 5 nitrogen and oxygen atoms in total. The number of hydrogen-bond donors (Lipinski definition) is 1. The van der Waals surface area contributed by atoms with Gasteiger partial charge in [-0.15, -0.1) is 11.3 Å². The monoisotopic (exact) mass is 358 g/mol. The van der Waals surface area contributed by atoms with Crippen molar-refractivity contribution in [1.82, 2.24) is 15.2 Å². The zero-order valence-electron chi connectivity index (χ0n) is 10.6. The van der Waals surface area contributed by atoms with E-state index in [1.54, 1.807) is 10.7 Å². The smallest absolute Gasteiger partial charge is 0.241 e. The van der Waals surface area contributed by atoms with Crippen LogP contribution >= 0.6 is 27.3 Å². The second-order valence-electron chi connectivity index (χ2n) is 4.01. The van der Waals surface area contributed by atoms with E-state index in [0.29, 0.717) is 11.4 Å². The lowest BCUT2D eigenvalue weighted by Crippen LogP contribution is -2.19. The molecule has 0 saturated heterocycles. The van der Waals surface area contributed by atoms with Crippen molar-refractivity contribution in [3.63, 3.8) is 0 Å². The van der Waals surface area contributed by atoms with Crippen molar-refractivity contribution in [1.29, 1.82) is 0 Å². The van der Waals surface area contributed by atoms with Crippen molar-refractivity contribution in [2.75, 3.05) is 0 Å². The summed E-state index contributed by atoms with van der Waals surface area (Å²) in [5, 5.41) is 7.71. The zero-order chi connectivity index (χ0) is 14.5. The first-order chi connectivity index (χ1) is 9.54. The Kier molecular flexibility index (Phi) is 5.02. The molecular formula is C12H12BrFN4OS. The molecule has 2 aromatic rings. The quantitative estimate of drug-likeness (QED) is 0.659. The first-order valence-electron chi connectivity index (χ1n) is 5.81. The van der Waals surface area contributed by atoms with Gasteiger partial charge in [0.2, 0.25) is 5.91 Å². The summed E-state index contributed by atoms with van der Waals surface area (Å²) in [5.74, 6) is -0.220. The molecular weight excluding hydrogens is 347 g/mol. The molecule has 0 fully saturated rings. The Hall–Kier alpha value is -1.54. The molecule has 106 valence electrons. The van der Waals surface area contributed by atoms with Crippen LogP contribution in [-0.4, -0.2) is 21.9 Å². The van der Waals surface area contributed by atoms with Crippen molar-refractivity contribution in [2.45, 2.75) is 19.9 Å². The van der Waals surface area contributed by atoms with Crippen molar-refractivity contribution < 1.29 is 9.18 Å². The molecule has 0 unspecified atom stereocenters. The standard InChI is InChI=1S/C12H12BrFN4OS/c1-8-10(13)7-18(17-8)5-4-12(19)16-15-6-9-2-3-11(14)20-9/h2-3,6-7H,4-5H2,1H3,(H,16,19). The summed E-state index contributed by atoms with van der Waals surface area (Å²) in [6, 6.07) is 2.95. The first kappa shape index (κ1) is 14.9. The van der Waals surface area contributed by atoms with Gasteiger partial charge in [0.1, 0.15) is 0 Å². The summed E-state index contributed by atoms with van der Waals surface area (Å²) in [4.78, 5) is 12.2. The highest BCUT2D eigenvalue weighted by molar-refractivity contribution is 9.10. The number of thiophene rings is 1. The molecule has 2 rings (SSSR count). The van der Waals surface area contributed by atoms with Gasteiger partial charge >= 0.3 is 0 Å². The number of hydrogen-bond acceptors (Lipinski definition) is 4. The van der Waals surface area contributed by atoms with Gasteiger partial charge in [0.05, 0.1) is 21.3 Å². The van der Waals surface area contributed by atoms with Crippen LogP contribution in [-0.2, 0) is 11.3 Å². The summed E-state index contributed by atoms with van der Waals surface area (Å²) in [6.45, 7) is 2.35. The number of hydrazone groups is 1. The molecule has 20 heavy (non-hydrogen) atoms. The summed E-state index contributed by atoms with van der Waals surface area (Å²) in [6.07, 6.45) is 3.50. The highest BCUT2D eigenvalue weighted by atomic mass is 79.9. The Balaban J connectivity index is 1.76. The largest absolute Gasteiger partial charge is 0.273 e. The van der Waals surface area contributed by atoms with E-state index in [1.165, 1.54) is 12.3 Å². The van der Waals surface area contributed by atoms with Gasteiger partial charge in [-0.25, -0.2) is 5.43 Å². The predicted octanol–water partition coefficient (Wildman–Crippen LogP) is 2.70. The molecule has 0 radical (unpaired) electrons. The van der Waals surface area contributed by atoms with Crippen LogP contribution in [0, 0.1) is 12.1 Å². The third-order valence-electron chi connectivity index (χ3n) is 2.43. The number of amides is 1. The van der Waals surface area contributed by atoms with Crippen LogP contribution in [0.3, 0.4) is 0 Å². The van der Waals surface area contributed by atoms with Gasteiger partial charge in [0, 0.05) is 19.2 Å². The number of aromatic nitrogens is 2. The van der Waals surface area contributed by atoms with Crippen LogP contribution < -0.4 is 5.43 Å². The Morgan fingerprint density at radius 3 is 3.05 bits per heavy atom. The van der Waals surface area contributed by atoms with Crippen molar-refractivity contribution in [3.05, 3.63) is 38.5 Å². The molecule has 0 atom stereocenters. The van der Waals surface area contributed by atoms with Gasteiger partial charge in [-0.05, 0) is 35.0 Å². The maximum Gasteiger partial charge on any atom is 0.241 e. The molecule has 0 aromatic carbocycles. The molecule has 0 aliphatic heterocycles. The number of halogens is 2. The topological polar surface area (TPSA) is 59.3 Å². The molecule has 8 heteroatoms. The third kappa shape index (κ3) is 4.24. The molecule has 0 saturated carbocycles. The number of carbonyl (C=O) groups excluding carboxylic acids is 1. The number of nitrogens with zero attached hydrogens (tertiary/aromatic N) is 3. The van der Waals surface area contributed by atoms with Gasteiger partial charge in [-0.2, -0.15) is 14.6 Å². The van der Waals surface area contributed by atoms with Crippen LogP contribution in [0.2, 0.25) is 0 Å². The fraction of sp³-hybridized carbons (Fsp3) is 0.250. The van der Waals surface area contributed by atoms with E-state index in [2.05, 4.69) is 31.6 Å². The summed E-state index contributed by atoms with van der Waals surface area (Å²) in [5.41, 5.74) is 3.27. The van der Waals surface area contributed by atoms with Gasteiger partial charge in [0.15, 0.2) is 5.13 Å². The van der Waals surface area contributed by atoms with Crippen LogP contribution in [0.25, 0.3) is 0 Å². The van der Waals surface area contributed by atoms with Gasteiger partial charge < -0.3 is 0 Å². The lowest BCUT2D eigenvalue weighted by molar-refractivity contribution is -0.121. The second-order valence-corrected chi connectivity index (χ2v) is 5.93. The second kappa shape index (κ2) is 6.76. The van der Waals surface area contributed by atoms with E-state index in [1.807, 2.05) is 13.1 Å². The zero-order valence-corrected chi connectivity index (χ0v) is 13.0. The maximum absolute atomic E-state index is 12.7. The minimum Gasteiger partial charge on any atom is -0.273 e. The summed E-state index contributed by atoms with van der Waals surface area (Å²) in [7, 11) is 0. The average molecular weight is 359 g/mol. The molecule has 1 amide bonds. The Bertz CT molecular complexity index is 618. The molecule has 0 bridgehead atoms. The number of rotatable bonds is 5. The van der Waals surface area contributed by atoms with E-state index >= 15 is 0 Å². The lowest BCUT2D eigenvalue weighted by Gasteiger charge is -2.00. The highest BCUT2D eigenvalue weighted by Crippen LogP contribution is 2.13. The Labute approximate surface area is 127 Å². The number of aryl methyl sites for hydroxylation is 2. The average Bonchev–Trinajstić information content (AvgIpc) is 2.94. The van der Waals surface area contributed by atoms with E-state index < -0.39 is 0 Å². The Morgan fingerprint density at radius 1 is 1.65 bits per heavy atom. The number of carbonyl (C=O) groups is 1. The minimum atomic E-state index is -0.280. The fourth-order valence-electron chi connectivity index (χ4n) is 1.45. The highest BCUT2D eigenvalue weighted by Gasteiger charge is 2.04. The Morgan fingerprint density at radius 2 is 2.45 bits per heavy atom. The van der Waals surface area contributed by atoms with Crippen LogP contribution in [0.15, 0.2) is 27.9 Å².